The molecule has 0 unspecified atom stereocenters. The maximum Gasteiger partial charge on any atom is 0.310 e. The molecule has 3 rings (SSSR count). The number of piperidine rings is 1. The van der Waals surface area contributed by atoms with Crippen LogP contribution in [0, 0.1) is 5.92 Å². The molecule has 5 nitrogen and oxygen atoms in total. The van der Waals surface area contributed by atoms with Crippen molar-refractivity contribution in [1.29, 1.82) is 0 Å². The molecule has 0 radical (unpaired) electrons. The van der Waals surface area contributed by atoms with E-state index in [1.807, 2.05) is 18.2 Å². The van der Waals surface area contributed by atoms with Crippen molar-refractivity contribution in [2.45, 2.75) is 12.5 Å². The summed E-state index contributed by atoms with van der Waals surface area (Å²) in [6, 6.07) is 5.97. The van der Waals surface area contributed by atoms with E-state index in [9.17, 15) is 9.90 Å². The highest BCUT2D eigenvalue weighted by Gasteiger charge is 2.33. The number of ether oxygens (including phenoxy) is 1. The first-order valence-corrected chi connectivity index (χ1v) is 7.10. The lowest BCUT2D eigenvalue weighted by Crippen LogP contribution is -2.47. The van der Waals surface area contributed by atoms with E-state index in [4.69, 9.17) is 9.84 Å². The van der Waals surface area contributed by atoms with Crippen LogP contribution >= 0.6 is 0 Å². The summed E-state index contributed by atoms with van der Waals surface area (Å²) >= 11 is 0. The molecule has 0 amide bonds. The van der Waals surface area contributed by atoms with Gasteiger partial charge >= 0.3 is 5.97 Å². The van der Waals surface area contributed by atoms with E-state index < -0.39 is 18.0 Å². The van der Waals surface area contributed by atoms with Crippen LogP contribution in [-0.2, 0) is 4.79 Å². The number of benzene rings is 1. The fourth-order valence-electron chi connectivity index (χ4n) is 3.02. The molecule has 1 aromatic carbocycles. The smallest absolute Gasteiger partial charge is 0.310 e. The highest BCUT2D eigenvalue weighted by molar-refractivity contribution is 5.96. The summed E-state index contributed by atoms with van der Waals surface area (Å²) in [5.74, 6) is -0.780. The molecule has 112 valence electrons. The largest absolute Gasteiger partial charge is 0.497 e. The van der Waals surface area contributed by atoms with E-state index in [0.717, 1.165) is 18.8 Å². The van der Waals surface area contributed by atoms with Gasteiger partial charge in [-0.3, -0.25) is 9.69 Å². The zero-order valence-electron chi connectivity index (χ0n) is 12.0. The van der Waals surface area contributed by atoms with Crippen molar-refractivity contribution in [3.05, 3.63) is 29.3 Å². The number of hydrogen-bond donors (Lipinski definition) is 2. The standard InChI is InChI=1S/C16H19NO4/c1-21-12-3-2-10-6-11(13(10)7-12)8-17-5-4-15(18)14(9-17)16(19)20/h2-3,6-7,14-15,18H,4-5,8-9H2,1H3,(H,19,20)/t14-,15+/m1/s1. The minimum absolute atomic E-state index is 0.396. The topological polar surface area (TPSA) is 70.0 Å². The van der Waals surface area contributed by atoms with Gasteiger partial charge in [0.1, 0.15) is 5.75 Å². The van der Waals surface area contributed by atoms with Gasteiger partial charge in [-0.15, -0.1) is 0 Å². The zero-order valence-corrected chi connectivity index (χ0v) is 12.0. The Bertz CT molecular complexity index is 596. The van der Waals surface area contributed by atoms with Crippen LogP contribution in [0.1, 0.15) is 17.5 Å². The molecular weight excluding hydrogens is 270 g/mol. The molecule has 0 aromatic heterocycles. The van der Waals surface area contributed by atoms with Gasteiger partial charge in [0.15, 0.2) is 0 Å². The van der Waals surface area contributed by atoms with E-state index in [1.165, 1.54) is 16.7 Å². The first-order chi connectivity index (χ1) is 10.1. The van der Waals surface area contributed by atoms with Gasteiger partial charge < -0.3 is 14.9 Å². The lowest BCUT2D eigenvalue weighted by Gasteiger charge is -2.36. The third-order valence-electron chi connectivity index (χ3n) is 4.31. The first-order valence-electron chi connectivity index (χ1n) is 7.10. The number of likely N-dealkylation sites (tertiary alicyclic amines) is 1. The molecule has 1 fully saturated rings. The Morgan fingerprint density at radius 2 is 2.29 bits per heavy atom. The van der Waals surface area contributed by atoms with E-state index >= 15 is 0 Å². The Balaban J connectivity index is 1.67. The van der Waals surface area contributed by atoms with E-state index in [0.29, 0.717) is 13.0 Å². The Morgan fingerprint density at radius 3 is 3.00 bits per heavy atom. The molecule has 1 aromatic rings. The molecule has 2 aliphatic rings. The fraction of sp³-hybridized carbons (Fsp3) is 0.438. The number of carbonyl (C=O) groups is 1. The molecule has 5 heteroatoms. The summed E-state index contributed by atoms with van der Waals surface area (Å²) in [5, 5.41) is 18.9. The SMILES string of the molecule is COc1ccc2c(c1)C(CN1CC[C@H](O)[C@H](C(=O)O)C1)=C2. The van der Waals surface area contributed by atoms with Crippen molar-refractivity contribution in [2.24, 2.45) is 5.92 Å². The van der Waals surface area contributed by atoms with Gasteiger partial charge in [-0.2, -0.15) is 0 Å². The van der Waals surface area contributed by atoms with Crippen molar-refractivity contribution >= 4 is 17.6 Å². The third kappa shape index (κ3) is 2.66. The number of methoxy groups -OCH3 is 1. The van der Waals surface area contributed by atoms with Crippen molar-refractivity contribution in [1.82, 2.24) is 4.90 Å². The van der Waals surface area contributed by atoms with Crippen molar-refractivity contribution in [3.63, 3.8) is 0 Å². The van der Waals surface area contributed by atoms with Crippen molar-refractivity contribution in [2.75, 3.05) is 26.7 Å². The number of aliphatic hydroxyl groups is 1. The Hall–Kier alpha value is -1.85. The monoisotopic (exact) mass is 289 g/mol. The van der Waals surface area contributed by atoms with Crippen LogP contribution in [0.15, 0.2) is 18.2 Å². The minimum atomic E-state index is -0.920. The van der Waals surface area contributed by atoms with E-state index in [2.05, 4.69) is 11.0 Å². The number of hydrogen-bond acceptors (Lipinski definition) is 4. The number of aliphatic carboxylic acids is 1. The molecule has 1 saturated heterocycles. The first kappa shape index (κ1) is 14.1. The van der Waals surface area contributed by atoms with Gasteiger partial charge in [-0.25, -0.2) is 0 Å². The van der Waals surface area contributed by atoms with Crippen LogP contribution in [0.5, 0.6) is 5.75 Å². The number of aliphatic hydroxyl groups excluding tert-OH is 1. The van der Waals surface area contributed by atoms with Crippen LogP contribution in [0.2, 0.25) is 0 Å². The number of carboxylic acids is 1. The quantitative estimate of drug-likeness (QED) is 0.875. The number of nitrogens with zero attached hydrogens (tertiary/aromatic N) is 1. The van der Waals surface area contributed by atoms with Crippen LogP contribution in [0.4, 0.5) is 0 Å². The van der Waals surface area contributed by atoms with Gasteiger partial charge in [0.05, 0.1) is 19.1 Å². The van der Waals surface area contributed by atoms with Crippen molar-refractivity contribution < 1.29 is 19.7 Å². The van der Waals surface area contributed by atoms with E-state index in [1.54, 1.807) is 7.11 Å². The molecule has 1 aliphatic carbocycles. The molecule has 2 atom stereocenters. The highest BCUT2D eigenvalue weighted by Crippen LogP contribution is 2.36. The zero-order chi connectivity index (χ0) is 15.0. The summed E-state index contributed by atoms with van der Waals surface area (Å²) in [6.45, 7) is 1.84. The molecule has 2 N–H and O–H groups in total. The second-order valence-corrected chi connectivity index (χ2v) is 5.66. The lowest BCUT2D eigenvalue weighted by atomic mass is 9.87. The van der Waals surface area contributed by atoms with Crippen LogP contribution in [0.25, 0.3) is 11.6 Å². The third-order valence-corrected chi connectivity index (χ3v) is 4.31. The van der Waals surface area contributed by atoms with Crippen LogP contribution in [-0.4, -0.2) is 53.9 Å². The Morgan fingerprint density at radius 1 is 1.48 bits per heavy atom. The number of rotatable bonds is 4. The second-order valence-electron chi connectivity index (χ2n) is 5.66. The minimum Gasteiger partial charge on any atom is -0.497 e. The van der Waals surface area contributed by atoms with Gasteiger partial charge in [-0.05, 0) is 41.3 Å². The molecule has 1 heterocycles. The number of fused-ring (bicyclic) bond motifs is 1. The Labute approximate surface area is 123 Å². The molecule has 1 aliphatic heterocycles. The molecule has 21 heavy (non-hydrogen) atoms. The molecular formula is C16H19NO4. The summed E-state index contributed by atoms with van der Waals surface area (Å²) < 4.78 is 5.23. The summed E-state index contributed by atoms with van der Waals surface area (Å²) in [6.07, 6.45) is 1.90. The molecule has 0 spiro atoms. The predicted molar refractivity (Wildman–Crippen MR) is 79.1 cm³/mol. The molecule has 0 saturated carbocycles. The van der Waals surface area contributed by atoms with Gasteiger partial charge in [0.25, 0.3) is 0 Å². The molecule has 0 bridgehead atoms. The number of carboxylic acid groups (broad SMARTS) is 1. The van der Waals surface area contributed by atoms with Gasteiger partial charge in [0, 0.05) is 19.6 Å². The van der Waals surface area contributed by atoms with Crippen LogP contribution in [0.3, 0.4) is 0 Å². The Kier molecular flexibility index (Phi) is 3.69. The highest BCUT2D eigenvalue weighted by atomic mass is 16.5. The average Bonchev–Trinajstić information content (AvgIpc) is 2.46. The van der Waals surface area contributed by atoms with Gasteiger partial charge in [0.2, 0.25) is 0 Å². The maximum atomic E-state index is 11.1. The average molecular weight is 289 g/mol. The summed E-state index contributed by atoms with van der Waals surface area (Å²) in [4.78, 5) is 13.2. The summed E-state index contributed by atoms with van der Waals surface area (Å²) in [5.41, 5.74) is 3.56. The van der Waals surface area contributed by atoms with Crippen molar-refractivity contribution in [3.8, 4) is 5.75 Å². The fourth-order valence-corrected chi connectivity index (χ4v) is 3.02. The van der Waals surface area contributed by atoms with E-state index in [-0.39, 0.29) is 0 Å². The maximum absolute atomic E-state index is 11.1. The predicted octanol–water partition coefficient (Wildman–Crippen LogP) is 1.32. The lowest BCUT2D eigenvalue weighted by molar-refractivity contribution is -0.148. The second kappa shape index (κ2) is 5.50. The van der Waals surface area contributed by atoms with Crippen LogP contribution < -0.4 is 4.74 Å². The van der Waals surface area contributed by atoms with Gasteiger partial charge in [-0.1, -0.05) is 6.07 Å². The summed E-state index contributed by atoms with van der Waals surface area (Å²) in [7, 11) is 1.65. The normalized spacial score (nSPS) is 24.8.